The highest BCUT2D eigenvalue weighted by Crippen LogP contribution is 2.37. The third-order valence-electron chi connectivity index (χ3n) is 5.10. The lowest BCUT2D eigenvalue weighted by Crippen LogP contribution is -2.37. The van der Waals surface area contributed by atoms with Gasteiger partial charge in [-0.25, -0.2) is 0 Å². The molecule has 2 atom stereocenters. The molecule has 0 radical (unpaired) electrons. The number of rotatable bonds is 4. The molecular weight excluding hydrogens is 234 g/mol. The fourth-order valence-electron chi connectivity index (χ4n) is 3.95. The van der Waals surface area contributed by atoms with Crippen LogP contribution in [0.15, 0.2) is 24.5 Å². The number of fused-ring (bicyclic) bond motifs is 1. The molecule has 1 aromatic heterocycles. The number of hydrogen-bond acceptors (Lipinski definition) is 3. The minimum atomic E-state index is 0.805. The molecule has 3 aliphatic rings. The Bertz CT molecular complexity index is 429. The summed E-state index contributed by atoms with van der Waals surface area (Å²) < 4.78 is 0. The molecule has 0 spiro atoms. The van der Waals surface area contributed by atoms with E-state index in [4.69, 9.17) is 0 Å². The van der Waals surface area contributed by atoms with Crippen LogP contribution in [0.1, 0.15) is 31.2 Å². The second-order valence-electron chi connectivity index (χ2n) is 6.48. The van der Waals surface area contributed by atoms with Crippen molar-refractivity contribution in [2.24, 2.45) is 5.92 Å². The summed E-state index contributed by atoms with van der Waals surface area (Å²) in [6, 6.07) is 5.91. The van der Waals surface area contributed by atoms with Crippen molar-refractivity contribution in [3.63, 3.8) is 0 Å². The highest BCUT2D eigenvalue weighted by atomic mass is 15.3. The van der Waals surface area contributed by atoms with Gasteiger partial charge in [-0.15, -0.1) is 0 Å². The smallest absolute Gasteiger partial charge is 0.0312 e. The van der Waals surface area contributed by atoms with Gasteiger partial charge in [-0.1, -0.05) is 6.07 Å². The third-order valence-corrected chi connectivity index (χ3v) is 5.10. The molecule has 0 amide bonds. The summed E-state index contributed by atoms with van der Waals surface area (Å²) in [5.74, 6) is 1.03. The van der Waals surface area contributed by atoms with Gasteiger partial charge in [-0.2, -0.15) is 0 Å². The summed E-state index contributed by atoms with van der Waals surface area (Å²) >= 11 is 0. The first-order valence-electron chi connectivity index (χ1n) is 7.77. The zero-order valence-corrected chi connectivity index (χ0v) is 11.5. The first-order valence-corrected chi connectivity index (χ1v) is 7.77. The third kappa shape index (κ3) is 2.41. The lowest BCUT2D eigenvalue weighted by molar-refractivity contribution is 0.212. The van der Waals surface area contributed by atoms with Gasteiger partial charge in [0.15, 0.2) is 0 Å². The topological polar surface area (TPSA) is 19.4 Å². The molecule has 0 aromatic carbocycles. The molecule has 1 saturated carbocycles. The molecule has 1 aromatic rings. The van der Waals surface area contributed by atoms with Gasteiger partial charge in [-0.05, 0) is 43.2 Å². The van der Waals surface area contributed by atoms with Crippen LogP contribution in [-0.2, 0) is 6.54 Å². The summed E-state index contributed by atoms with van der Waals surface area (Å²) in [5, 5.41) is 0. The number of likely N-dealkylation sites (tertiary alicyclic amines) is 2. The van der Waals surface area contributed by atoms with Crippen molar-refractivity contribution in [3.8, 4) is 0 Å². The van der Waals surface area contributed by atoms with Gasteiger partial charge in [0.2, 0.25) is 0 Å². The lowest BCUT2D eigenvalue weighted by Gasteiger charge is -2.25. The quantitative estimate of drug-likeness (QED) is 0.824. The van der Waals surface area contributed by atoms with E-state index >= 15 is 0 Å². The van der Waals surface area contributed by atoms with Gasteiger partial charge in [0.1, 0.15) is 0 Å². The van der Waals surface area contributed by atoms with Gasteiger partial charge in [0.25, 0.3) is 0 Å². The van der Waals surface area contributed by atoms with E-state index in [1.807, 2.05) is 12.4 Å². The molecule has 3 heteroatoms. The molecule has 2 aliphatic heterocycles. The van der Waals surface area contributed by atoms with E-state index in [1.165, 1.54) is 50.9 Å². The minimum absolute atomic E-state index is 0.805. The number of hydrogen-bond donors (Lipinski definition) is 0. The molecule has 3 heterocycles. The summed E-state index contributed by atoms with van der Waals surface area (Å²) in [4.78, 5) is 9.71. The minimum Gasteiger partial charge on any atom is -0.298 e. The van der Waals surface area contributed by atoms with E-state index in [0.29, 0.717) is 0 Å². The highest BCUT2D eigenvalue weighted by Gasteiger charge is 2.43. The standard InChI is InChI=1S/C16H23N3/c1-2-14(10-17-7-1)12-19-9-6-15-16(19)5-8-18(15)11-13-3-4-13/h1-2,7,10,13,15-16H,3-6,8-9,11-12H2/t15-,16+/m0/s1. The van der Waals surface area contributed by atoms with Crippen molar-refractivity contribution < 1.29 is 0 Å². The average molecular weight is 257 g/mol. The van der Waals surface area contributed by atoms with E-state index in [0.717, 1.165) is 24.5 Å². The maximum absolute atomic E-state index is 4.24. The van der Waals surface area contributed by atoms with Gasteiger partial charge in [0.05, 0.1) is 0 Å². The average Bonchev–Trinajstić information content (AvgIpc) is 3.03. The summed E-state index contributed by atoms with van der Waals surface area (Å²) in [6.07, 6.45) is 9.59. The van der Waals surface area contributed by atoms with Crippen molar-refractivity contribution in [2.75, 3.05) is 19.6 Å². The lowest BCUT2D eigenvalue weighted by atomic mass is 10.1. The number of nitrogens with zero attached hydrogens (tertiary/aromatic N) is 3. The molecule has 1 aliphatic carbocycles. The zero-order valence-electron chi connectivity index (χ0n) is 11.5. The van der Waals surface area contributed by atoms with Crippen LogP contribution in [0.25, 0.3) is 0 Å². The van der Waals surface area contributed by atoms with Gasteiger partial charge < -0.3 is 0 Å². The van der Waals surface area contributed by atoms with E-state index < -0.39 is 0 Å². The van der Waals surface area contributed by atoms with Crippen LogP contribution < -0.4 is 0 Å². The molecule has 0 N–H and O–H groups in total. The Kier molecular flexibility index (Phi) is 3.04. The van der Waals surface area contributed by atoms with E-state index in [9.17, 15) is 0 Å². The van der Waals surface area contributed by atoms with Crippen LogP contribution in [0.5, 0.6) is 0 Å². The fraction of sp³-hybridized carbons (Fsp3) is 0.688. The Balaban J connectivity index is 1.40. The van der Waals surface area contributed by atoms with E-state index in [1.54, 1.807) is 0 Å². The van der Waals surface area contributed by atoms with Crippen molar-refractivity contribution >= 4 is 0 Å². The van der Waals surface area contributed by atoms with Crippen LogP contribution in [0.2, 0.25) is 0 Å². The molecule has 0 bridgehead atoms. The summed E-state index contributed by atoms with van der Waals surface area (Å²) in [7, 11) is 0. The largest absolute Gasteiger partial charge is 0.298 e. The molecule has 102 valence electrons. The normalized spacial score (nSPS) is 31.8. The number of aromatic nitrogens is 1. The SMILES string of the molecule is c1cncc(CN2CC[C@H]3[C@H]2CCN3CC2CC2)c1. The van der Waals surface area contributed by atoms with E-state index in [-0.39, 0.29) is 0 Å². The Morgan fingerprint density at radius 3 is 2.58 bits per heavy atom. The predicted octanol–water partition coefficient (Wildman–Crippen LogP) is 2.14. The maximum Gasteiger partial charge on any atom is 0.0312 e. The second kappa shape index (κ2) is 4.88. The molecule has 19 heavy (non-hydrogen) atoms. The van der Waals surface area contributed by atoms with Crippen molar-refractivity contribution in [1.29, 1.82) is 0 Å². The Labute approximate surface area is 115 Å². The van der Waals surface area contributed by atoms with Crippen LogP contribution in [-0.4, -0.2) is 46.5 Å². The Morgan fingerprint density at radius 1 is 1.05 bits per heavy atom. The maximum atomic E-state index is 4.24. The number of pyridine rings is 1. The molecule has 2 saturated heterocycles. The first-order chi connectivity index (χ1) is 9.40. The Hall–Kier alpha value is -0.930. The molecule has 3 nitrogen and oxygen atoms in total. The fourth-order valence-corrected chi connectivity index (χ4v) is 3.95. The van der Waals surface area contributed by atoms with Crippen molar-refractivity contribution in [3.05, 3.63) is 30.1 Å². The van der Waals surface area contributed by atoms with Gasteiger partial charge in [0, 0.05) is 50.7 Å². The van der Waals surface area contributed by atoms with Crippen molar-refractivity contribution in [2.45, 2.75) is 44.3 Å². The Morgan fingerprint density at radius 2 is 1.84 bits per heavy atom. The second-order valence-corrected chi connectivity index (χ2v) is 6.48. The molecule has 0 unspecified atom stereocenters. The molecular formula is C16H23N3. The first kappa shape index (κ1) is 11.9. The van der Waals surface area contributed by atoms with Crippen LogP contribution in [0.4, 0.5) is 0 Å². The van der Waals surface area contributed by atoms with Gasteiger partial charge in [-0.3, -0.25) is 14.8 Å². The molecule has 4 rings (SSSR count). The van der Waals surface area contributed by atoms with Crippen LogP contribution >= 0.6 is 0 Å². The molecule has 3 fully saturated rings. The van der Waals surface area contributed by atoms with Crippen LogP contribution in [0, 0.1) is 5.92 Å². The predicted molar refractivity (Wildman–Crippen MR) is 75.8 cm³/mol. The summed E-state index contributed by atoms with van der Waals surface area (Å²) in [6.45, 7) is 5.06. The van der Waals surface area contributed by atoms with E-state index in [2.05, 4.69) is 26.9 Å². The zero-order chi connectivity index (χ0) is 12.7. The van der Waals surface area contributed by atoms with Crippen LogP contribution in [0.3, 0.4) is 0 Å². The van der Waals surface area contributed by atoms with Gasteiger partial charge >= 0.3 is 0 Å². The highest BCUT2D eigenvalue weighted by molar-refractivity contribution is 5.10. The van der Waals surface area contributed by atoms with Crippen molar-refractivity contribution in [1.82, 2.24) is 14.8 Å². The monoisotopic (exact) mass is 257 g/mol. The summed E-state index contributed by atoms with van der Waals surface area (Å²) in [5.41, 5.74) is 1.36.